The Bertz CT molecular complexity index is 751. The standard InChI is InChI=1S/C22H29N3O/c1-16(23)21-13-18(9-10-22(21)24)19-12-20(15-25-14-19)26-11-5-8-17-6-3-2-4-7-17/h9-10,12-15,17,23H,2-8,11,24H2,1H3. The molecule has 0 bridgehead atoms. The Balaban J connectivity index is 1.59. The fourth-order valence-electron chi connectivity index (χ4n) is 3.75. The van der Waals surface area contributed by atoms with Crippen LogP contribution in [0.25, 0.3) is 11.1 Å². The molecule has 0 saturated heterocycles. The average Bonchev–Trinajstić information content (AvgIpc) is 2.66. The van der Waals surface area contributed by atoms with E-state index >= 15 is 0 Å². The van der Waals surface area contributed by atoms with E-state index in [1.54, 1.807) is 13.1 Å². The molecule has 2 aromatic rings. The number of nitrogens with one attached hydrogen (secondary N) is 1. The van der Waals surface area contributed by atoms with E-state index in [1.165, 1.54) is 38.5 Å². The number of aromatic nitrogens is 1. The number of hydrogen-bond donors (Lipinski definition) is 2. The third-order valence-corrected chi connectivity index (χ3v) is 5.25. The van der Waals surface area contributed by atoms with E-state index in [0.717, 1.165) is 41.4 Å². The van der Waals surface area contributed by atoms with E-state index in [-0.39, 0.29) is 0 Å². The summed E-state index contributed by atoms with van der Waals surface area (Å²) >= 11 is 0. The molecule has 0 unspecified atom stereocenters. The molecule has 3 N–H and O–H groups in total. The predicted octanol–water partition coefficient (Wildman–Crippen LogP) is 5.46. The molecule has 0 atom stereocenters. The minimum atomic E-state index is 0.465. The fraction of sp³-hybridized carbons (Fsp3) is 0.455. The van der Waals surface area contributed by atoms with Crippen molar-refractivity contribution in [3.05, 3.63) is 42.2 Å². The third-order valence-electron chi connectivity index (χ3n) is 5.25. The van der Waals surface area contributed by atoms with Gasteiger partial charge in [0.15, 0.2) is 0 Å². The van der Waals surface area contributed by atoms with Crippen LogP contribution in [-0.4, -0.2) is 17.3 Å². The van der Waals surface area contributed by atoms with Crippen LogP contribution in [0, 0.1) is 11.3 Å². The highest BCUT2D eigenvalue weighted by atomic mass is 16.5. The molecule has 1 aliphatic carbocycles. The van der Waals surface area contributed by atoms with E-state index in [0.29, 0.717) is 11.4 Å². The second-order valence-corrected chi connectivity index (χ2v) is 7.33. The summed E-state index contributed by atoms with van der Waals surface area (Å²) in [5.41, 5.74) is 9.80. The molecule has 0 amide bonds. The number of pyridine rings is 1. The van der Waals surface area contributed by atoms with Crippen molar-refractivity contribution in [2.24, 2.45) is 5.92 Å². The van der Waals surface area contributed by atoms with Crippen LogP contribution in [0.3, 0.4) is 0 Å². The molecule has 1 heterocycles. The molecular weight excluding hydrogens is 322 g/mol. The van der Waals surface area contributed by atoms with Crippen LogP contribution in [0.1, 0.15) is 57.4 Å². The summed E-state index contributed by atoms with van der Waals surface area (Å²) in [7, 11) is 0. The molecule has 0 spiro atoms. The monoisotopic (exact) mass is 351 g/mol. The highest BCUT2D eigenvalue weighted by Crippen LogP contribution is 2.28. The third kappa shape index (κ3) is 4.84. The van der Waals surface area contributed by atoms with Gasteiger partial charge in [-0.05, 0) is 49.4 Å². The van der Waals surface area contributed by atoms with Gasteiger partial charge in [-0.15, -0.1) is 0 Å². The van der Waals surface area contributed by atoms with Crippen LogP contribution < -0.4 is 10.5 Å². The molecule has 1 aliphatic rings. The first-order valence-electron chi connectivity index (χ1n) is 9.67. The Morgan fingerprint density at radius 2 is 1.96 bits per heavy atom. The molecule has 3 rings (SSSR count). The Labute approximate surface area is 156 Å². The molecule has 1 aromatic heterocycles. The minimum Gasteiger partial charge on any atom is -0.492 e. The molecule has 4 heteroatoms. The topological polar surface area (TPSA) is 72.0 Å². The zero-order valence-electron chi connectivity index (χ0n) is 15.6. The predicted molar refractivity (Wildman–Crippen MR) is 108 cm³/mol. The summed E-state index contributed by atoms with van der Waals surface area (Å²) in [6, 6.07) is 7.77. The maximum absolute atomic E-state index is 7.85. The lowest BCUT2D eigenvalue weighted by atomic mass is 9.86. The van der Waals surface area contributed by atoms with Crippen LogP contribution in [-0.2, 0) is 0 Å². The summed E-state index contributed by atoms with van der Waals surface area (Å²) in [5.74, 6) is 1.70. The van der Waals surface area contributed by atoms with Crippen molar-refractivity contribution in [1.82, 2.24) is 4.98 Å². The molecule has 1 fully saturated rings. The molecule has 0 radical (unpaired) electrons. The van der Waals surface area contributed by atoms with E-state index in [9.17, 15) is 0 Å². The van der Waals surface area contributed by atoms with Crippen molar-refractivity contribution < 1.29 is 4.74 Å². The normalized spacial score (nSPS) is 15.0. The minimum absolute atomic E-state index is 0.465. The first kappa shape index (κ1) is 18.4. The molecule has 1 aromatic carbocycles. The maximum Gasteiger partial charge on any atom is 0.138 e. The summed E-state index contributed by atoms with van der Waals surface area (Å²) in [4.78, 5) is 4.32. The van der Waals surface area contributed by atoms with Crippen LogP contribution >= 0.6 is 0 Å². The van der Waals surface area contributed by atoms with Gasteiger partial charge in [0.2, 0.25) is 0 Å². The number of rotatable bonds is 7. The van der Waals surface area contributed by atoms with Crippen molar-refractivity contribution in [3.8, 4) is 16.9 Å². The molecule has 4 nitrogen and oxygen atoms in total. The average molecular weight is 351 g/mol. The van der Waals surface area contributed by atoms with Gasteiger partial charge < -0.3 is 15.9 Å². The van der Waals surface area contributed by atoms with E-state index in [1.807, 2.05) is 30.5 Å². The van der Waals surface area contributed by atoms with Gasteiger partial charge in [0.05, 0.1) is 12.8 Å². The van der Waals surface area contributed by atoms with Crippen LogP contribution in [0.5, 0.6) is 5.75 Å². The van der Waals surface area contributed by atoms with Crippen LogP contribution in [0.4, 0.5) is 5.69 Å². The summed E-state index contributed by atoms with van der Waals surface area (Å²) in [5, 5.41) is 7.85. The molecule has 138 valence electrons. The lowest BCUT2D eigenvalue weighted by molar-refractivity contribution is 0.268. The molecule has 0 aliphatic heterocycles. The number of benzene rings is 1. The SMILES string of the molecule is CC(=N)c1cc(-c2cncc(OCCCC3CCCCC3)c2)ccc1N. The summed E-state index contributed by atoms with van der Waals surface area (Å²) in [6.45, 7) is 2.49. The number of nitrogens with zero attached hydrogens (tertiary/aromatic N) is 1. The Hall–Kier alpha value is -2.36. The number of hydrogen-bond acceptors (Lipinski definition) is 4. The van der Waals surface area contributed by atoms with Crippen molar-refractivity contribution in [2.45, 2.75) is 51.9 Å². The Kier molecular flexibility index (Phi) is 6.26. The summed E-state index contributed by atoms with van der Waals surface area (Å²) in [6.07, 6.45) is 13.0. The first-order chi connectivity index (χ1) is 12.6. The second kappa shape index (κ2) is 8.84. The van der Waals surface area contributed by atoms with Gasteiger partial charge in [-0.25, -0.2) is 0 Å². The van der Waals surface area contributed by atoms with Crippen LogP contribution in [0.2, 0.25) is 0 Å². The number of nitrogen functional groups attached to an aromatic ring is 1. The van der Waals surface area contributed by atoms with Crippen molar-refractivity contribution in [2.75, 3.05) is 12.3 Å². The van der Waals surface area contributed by atoms with Gasteiger partial charge in [-0.2, -0.15) is 0 Å². The quantitative estimate of drug-likeness (QED) is 0.395. The molecule has 1 saturated carbocycles. The van der Waals surface area contributed by atoms with E-state index < -0.39 is 0 Å². The molecule has 26 heavy (non-hydrogen) atoms. The zero-order chi connectivity index (χ0) is 18.4. The Morgan fingerprint density at radius 3 is 2.73 bits per heavy atom. The van der Waals surface area contributed by atoms with Gasteiger partial charge in [0, 0.05) is 28.7 Å². The van der Waals surface area contributed by atoms with Crippen molar-refractivity contribution in [1.29, 1.82) is 5.41 Å². The van der Waals surface area contributed by atoms with E-state index in [2.05, 4.69) is 4.98 Å². The van der Waals surface area contributed by atoms with Crippen molar-refractivity contribution in [3.63, 3.8) is 0 Å². The van der Waals surface area contributed by atoms with Gasteiger partial charge in [-0.3, -0.25) is 4.98 Å². The number of ether oxygens (including phenoxy) is 1. The second-order valence-electron chi connectivity index (χ2n) is 7.33. The summed E-state index contributed by atoms with van der Waals surface area (Å²) < 4.78 is 5.93. The molecular formula is C22H29N3O. The van der Waals surface area contributed by atoms with Crippen molar-refractivity contribution >= 4 is 11.4 Å². The zero-order valence-corrected chi connectivity index (χ0v) is 15.6. The number of anilines is 1. The number of nitrogens with two attached hydrogens (primary N) is 1. The highest BCUT2D eigenvalue weighted by molar-refractivity contribution is 6.02. The lowest BCUT2D eigenvalue weighted by Gasteiger charge is -2.21. The van der Waals surface area contributed by atoms with E-state index in [4.69, 9.17) is 15.9 Å². The van der Waals surface area contributed by atoms with Gasteiger partial charge in [-0.1, -0.05) is 38.2 Å². The van der Waals surface area contributed by atoms with Gasteiger partial charge >= 0.3 is 0 Å². The smallest absolute Gasteiger partial charge is 0.138 e. The van der Waals surface area contributed by atoms with Gasteiger partial charge in [0.25, 0.3) is 0 Å². The largest absolute Gasteiger partial charge is 0.492 e. The lowest BCUT2D eigenvalue weighted by Crippen LogP contribution is -2.08. The fourth-order valence-corrected chi connectivity index (χ4v) is 3.75. The highest BCUT2D eigenvalue weighted by Gasteiger charge is 2.13. The van der Waals surface area contributed by atoms with Gasteiger partial charge in [0.1, 0.15) is 5.75 Å². The Morgan fingerprint density at radius 1 is 1.15 bits per heavy atom. The van der Waals surface area contributed by atoms with Crippen LogP contribution in [0.15, 0.2) is 36.7 Å². The first-order valence-corrected chi connectivity index (χ1v) is 9.67. The maximum atomic E-state index is 7.85.